The Bertz CT molecular complexity index is 486. The summed E-state index contributed by atoms with van der Waals surface area (Å²) in [6, 6.07) is 0. The summed E-state index contributed by atoms with van der Waals surface area (Å²) in [7, 11) is 0. The topological polar surface area (TPSA) is 74.6 Å². The monoisotopic (exact) mass is 362 g/mol. The molecule has 146 valence electrons. The van der Waals surface area contributed by atoms with Crippen molar-refractivity contribution in [2.45, 2.75) is 77.2 Å². The molecule has 0 aliphatic rings. The Morgan fingerprint density at radius 2 is 1.50 bits per heavy atom. The SMILES string of the molecule is CC/C=C\CC(O)C(=O)C/C=C\C/C=C\C/C=C\CCCCCC(=O)O. The lowest BCUT2D eigenvalue weighted by Crippen LogP contribution is -2.18. The molecule has 0 spiro atoms. The van der Waals surface area contributed by atoms with Crippen molar-refractivity contribution in [3.8, 4) is 0 Å². The van der Waals surface area contributed by atoms with Gasteiger partial charge >= 0.3 is 5.97 Å². The first-order valence-electron chi connectivity index (χ1n) is 9.60. The highest BCUT2D eigenvalue weighted by atomic mass is 16.4. The molecular formula is C22H34O4. The largest absolute Gasteiger partial charge is 0.481 e. The summed E-state index contributed by atoms with van der Waals surface area (Å²) in [6.07, 6.45) is 22.3. The minimum absolute atomic E-state index is 0.141. The van der Waals surface area contributed by atoms with E-state index in [0.717, 1.165) is 44.9 Å². The van der Waals surface area contributed by atoms with Gasteiger partial charge in [-0.05, 0) is 44.9 Å². The molecule has 0 saturated heterocycles. The molecule has 0 amide bonds. The Balaban J connectivity index is 3.63. The number of ketones is 1. The minimum atomic E-state index is -0.896. The molecule has 4 nitrogen and oxygen atoms in total. The van der Waals surface area contributed by atoms with Crippen LogP contribution in [0.2, 0.25) is 0 Å². The number of rotatable bonds is 16. The van der Waals surface area contributed by atoms with Crippen LogP contribution in [-0.4, -0.2) is 28.1 Å². The van der Waals surface area contributed by atoms with Crippen LogP contribution in [0.3, 0.4) is 0 Å². The maximum absolute atomic E-state index is 11.7. The van der Waals surface area contributed by atoms with Crippen LogP contribution in [0.1, 0.15) is 71.1 Å². The van der Waals surface area contributed by atoms with Gasteiger partial charge in [-0.2, -0.15) is 0 Å². The molecule has 2 N–H and O–H groups in total. The van der Waals surface area contributed by atoms with E-state index in [-0.39, 0.29) is 18.6 Å². The molecular weight excluding hydrogens is 328 g/mol. The number of carbonyl (C=O) groups is 2. The molecule has 26 heavy (non-hydrogen) atoms. The van der Waals surface area contributed by atoms with Gasteiger partial charge in [-0.1, -0.05) is 62.0 Å². The number of carboxylic acid groups (broad SMARTS) is 1. The zero-order valence-electron chi connectivity index (χ0n) is 16.0. The lowest BCUT2D eigenvalue weighted by molar-refractivity contribution is -0.137. The molecule has 0 aliphatic carbocycles. The van der Waals surface area contributed by atoms with Crippen molar-refractivity contribution in [3.63, 3.8) is 0 Å². The number of hydrogen-bond acceptors (Lipinski definition) is 3. The zero-order valence-corrected chi connectivity index (χ0v) is 16.0. The first kappa shape index (κ1) is 24.1. The molecule has 0 aromatic rings. The fourth-order valence-electron chi connectivity index (χ4n) is 2.23. The highest BCUT2D eigenvalue weighted by molar-refractivity contribution is 5.84. The molecule has 0 aromatic heterocycles. The summed E-state index contributed by atoms with van der Waals surface area (Å²) in [6.45, 7) is 2.02. The molecule has 0 bridgehead atoms. The first-order chi connectivity index (χ1) is 12.6. The maximum Gasteiger partial charge on any atom is 0.303 e. The fourth-order valence-corrected chi connectivity index (χ4v) is 2.23. The van der Waals surface area contributed by atoms with Gasteiger partial charge in [0.15, 0.2) is 5.78 Å². The van der Waals surface area contributed by atoms with E-state index >= 15 is 0 Å². The molecule has 1 unspecified atom stereocenters. The molecule has 0 aliphatic heterocycles. The van der Waals surface area contributed by atoms with Crippen LogP contribution in [0.5, 0.6) is 0 Å². The summed E-state index contributed by atoms with van der Waals surface area (Å²) >= 11 is 0. The Kier molecular flexibility index (Phi) is 16.5. The lowest BCUT2D eigenvalue weighted by Gasteiger charge is -2.03. The predicted molar refractivity (Wildman–Crippen MR) is 107 cm³/mol. The van der Waals surface area contributed by atoms with Crippen LogP contribution in [0.25, 0.3) is 0 Å². The van der Waals surface area contributed by atoms with Crippen molar-refractivity contribution >= 4 is 11.8 Å². The van der Waals surface area contributed by atoms with Crippen LogP contribution in [-0.2, 0) is 9.59 Å². The maximum atomic E-state index is 11.7. The van der Waals surface area contributed by atoms with Crippen molar-refractivity contribution in [2.24, 2.45) is 0 Å². The molecule has 0 fully saturated rings. The molecule has 0 radical (unpaired) electrons. The third-order valence-corrected chi connectivity index (χ3v) is 3.76. The van der Waals surface area contributed by atoms with Gasteiger partial charge < -0.3 is 10.2 Å². The number of hydrogen-bond donors (Lipinski definition) is 2. The summed E-state index contributed by atoms with van der Waals surface area (Å²) in [5.74, 6) is -0.860. The highest BCUT2D eigenvalue weighted by Gasteiger charge is 2.10. The number of Topliss-reactive ketones (excluding diaryl/α,β-unsaturated/α-hetero) is 1. The van der Waals surface area contributed by atoms with Crippen molar-refractivity contribution in [1.29, 1.82) is 0 Å². The lowest BCUT2D eigenvalue weighted by atomic mass is 10.1. The van der Waals surface area contributed by atoms with E-state index < -0.39 is 12.1 Å². The van der Waals surface area contributed by atoms with Gasteiger partial charge in [-0.3, -0.25) is 9.59 Å². The van der Waals surface area contributed by atoms with E-state index in [4.69, 9.17) is 5.11 Å². The average Bonchev–Trinajstić information content (AvgIpc) is 2.61. The molecule has 0 rings (SSSR count). The van der Waals surface area contributed by atoms with Gasteiger partial charge in [0.1, 0.15) is 6.10 Å². The fraction of sp³-hybridized carbons (Fsp3) is 0.545. The van der Waals surface area contributed by atoms with Gasteiger partial charge in [-0.15, -0.1) is 0 Å². The van der Waals surface area contributed by atoms with Crippen molar-refractivity contribution in [3.05, 3.63) is 48.6 Å². The second-order valence-corrected chi connectivity index (χ2v) is 6.18. The molecule has 4 heteroatoms. The molecule has 0 heterocycles. The number of aliphatic carboxylic acids is 1. The number of allylic oxidation sites excluding steroid dienone is 7. The van der Waals surface area contributed by atoms with E-state index in [2.05, 4.69) is 24.3 Å². The van der Waals surface area contributed by atoms with Gasteiger partial charge in [0.05, 0.1) is 0 Å². The van der Waals surface area contributed by atoms with Crippen molar-refractivity contribution in [1.82, 2.24) is 0 Å². The van der Waals surface area contributed by atoms with Gasteiger partial charge in [0, 0.05) is 12.8 Å². The molecule has 0 saturated carbocycles. The van der Waals surface area contributed by atoms with Crippen molar-refractivity contribution < 1.29 is 19.8 Å². The van der Waals surface area contributed by atoms with E-state index in [1.54, 1.807) is 0 Å². The Morgan fingerprint density at radius 3 is 2.15 bits per heavy atom. The molecule has 0 aromatic carbocycles. The van der Waals surface area contributed by atoms with Crippen LogP contribution in [0, 0.1) is 0 Å². The quantitative estimate of drug-likeness (QED) is 0.294. The van der Waals surface area contributed by atoms with Gasteiger partial charge in [-0.25, -0.2) is 0 Å². The standard InChI is InChI=1S/C22H34O4/c1-2-3-14-17-20(23)21(24)18-15-12-10-8-6-4-5-7-9-11-13-16-19-22(25)26/h3,5-8,12,14-15,20,23H,2,4,9-11,13,16-19H2,1H3,(H,25,26)/b7-5-,8-6-,14-3-,15-12-. The van der Waals surface area contributed by atoms with E-state index in [0.29, 0.717) is 6.42 Å². The zero-order chi connectivity index (χ0) is 19.5. The predicted octanol–water partition coefficient (Wildman–Crippen LogP) is 5.15. The average molecular weight is 363 g/mol. The number of carbonyl (C=O) groups excluding carboxylic acids is 1. The number of aliphatic hydroxyl groups is 1. The van der Waals surface area contributed by atoms with Gasteiger partial charge in [0.2, 0.25) is 0 Å². The van der Waals surface area contributed by atoms with Gasteiger partial charge in [0.25, 0.3) is 0 Å². The van der Waals surface area contributed by atoms with Crippen LogP contribution >= 0.6 is 0 Å². The van der Waals surface area contributed by atoms with E-state index in [1.807, 2.05) is 31.2 Å². The Labute approximate surface area is 158 Å². The number of unbranched alkanes of at least 4 members (excludes halogenated alkanes) is 3. The first-order valence-corrected chi connectivity index (χ1v) is 9.60. The van der Waals surface area contributed by atoms with Crippen molar-refractivity contribution in [2.75, 3.05) is 0 Å². The molecule has 1 atom stereocenters. The Morgan fingerprint density at radius 1 is 0.846 bits per heavy atom. The second kappa shape index (κ2) is 17.9. The van der Waals surface area contributed by atoms with Crippen LogP contribution in [0.4, 0.5) is 0 Å². The summed E-state index contributed by atoms with van der Waals surface area (Å²) in [5.41, 5.74) is 0. The third kappa shape index (κ3) is 16.9. The Hall–Kier alpha value is -1.94. The van der Waals surface area contributed by atoms with E-state index in [9.17, 15) is 14.7 Å². The summed E-state index contributed by atoms with van der Waals surface area (Å²) < 4.78 is 0. The highest BCUT2D eigenvalue weighted by Crippen LogP contribution is 2.04. The van der Waals surface area contributed by atoms with E-state index in [1.165, 1.54) is 0 Å². The normalized spacial score (nSPS) is 13.5. The second-order valence-electron chi connectivity index (χ2n) is 6.18. The van der Waals surface area contributed by atoms with Crippen LogP contribution in [0.15, 0.2) is 48.6 Å². The number of carboxylic acids is 1. The summed E-state index contributed by atoms with van der Waals surface area (Å²) in [5, 5.41) is 18.2. The summed E-state index contributed by atoms with van der Waals surface area (Å²) in [4.78, 5) is 22.0. The third-order valence-electron chi connectivity index (χ3n) is 3.76. The minimum Gasteiger partial charge on any atom is -0.481 e. The smallest absolute Gasteiger partial charge is 0.303 e. The van der Waals surface area contributed by atoms with Crippen LogP contribution < -0.4 is 0 Å². The number of aliphatic hydroxyl groups excluding tert-OH is 1.